The highest BCUT2D eigenvalue weighted by Gasteiger charge is 2.33. The number of halogens is 3. The number of aromatic nitrogens is 2. The van der Waals surface area contributed by atoms with E-state index in [4.69, 9.17) is 0 Å². The second kappa shape index (κ2) is 7.37. The van der Waals surface area contributed by atoms with E-state index in [0.717, 1.165) is 6.07 Å². The summed E-state index contributed by atoms with van der Waals surface area (Å²) in [7, 11) is 0. The predicted molar refractivity (Wildman–Crippen MR) is 86.4 cm³/mol. The molecule has 0 spiro atoms. The van der Waals surface area contributed by atoms with Gasteiger partial charge in [0.05, 0.1) is 11.3 Å². The van der Waals surface area contributed by atoms with Crippen molar-refractivity contribution in [3.8, 4) is 0 Å². The highest BCUT2D eigenvalue weighted by molar-refractivity contribution is 5.90. The molecular weight excluding hydrogens is 337 g/mol. The van der Waals surface area contributed by atoms with Gasteiger partial charge in [0.15, 0.2) is 0 Å². The van der Waals surface area contributed by atoms with Crippen molar-refractivity contribution in [2.75, 3.05) is 11.9 Å². The number of amides is 2. The third kappa shape index (κ3) is 4.82. The van der Waals surface area contributed by atoms with Gasteiger partial charge < -0.3 is 10.6 Å². The summed E-state index contributed by atoms with van der Waals surface area (Å²) < 4.78 is 40.0. The zero-order chi connectivity index (χ0) is 18.6. The van der Waals surface area contributed by atoms with Crippen LogP contribution < -0.4 is 16.3 Å². The smallest absolute Gasteiger partial charge is 0.336 e. The molecule has 1 aromatic heterocycles. The lowest BCUT2D eigenvalue weighted by molar-refractivity contribution is -0.136. The second-order valence-corrected chi connectivity index (χ2v) is 5.40. The third-order valence-corrected chi connectivity index (χ3v) is 3.45. The molecule has 0 bridgehead atoms. The average molecular weight is 354 g/mol. The number of nitrogens with zero attached hydrogens (tertiary/aromatic N) is 2. The van der Waals surface area contributed by atoms with Crippen molar-refractivity contribution >= 4 is 11.7 Å². The molecule has 6 nitrogen and oxygen atoms in total. The molecule has 2 rings (SSSR count). The molecule has 0 atom stereocenters. The minimum Gasteiger partial charge on any atom is -0.336 e. The molecule has 25 heavy (non-hydrogen) atoms. The Balaban J connectivity index is 1.98. The topological polar surface area (TPSA) is 76.0 Å². The van der Waals surface area contributed by atoms with E-state index in [1.165, 1.54) is 22.8 Å². The molecule has 2 N–H and O–H groups in total. The number of benzene rings is 1. The van der Waals surface area contributed by atoms with E-state index in [1.807, 2.05) is 0 Å². The summed E-state index contributed by atoms with van der Waals surface area (Å²) in [4.78, 5) is 27.4. The molecule has 0 radical (unpaired) electrons. The van der Waals surface area contributed by atoms with Gasteiger partial charge >= 0.3 is 17.9 Å². The van der Waals surface area contributed by atoms with Crippen molar-refractivity contribution in [2.45, 2.75) is 26.6 Å². The van der Waals surface area contributed by atoms with Crippen LogP contribution in [0.4, 0.5) is 23.7 Å². The number of alkyl halides is 3. The number of hydrogen-bond acceptors (Lipinski definition) is 3. The van der Waals surface area contributed by atoms with Gasteiger partial charge in [0.2, 0.25) is 0 Å². The summed E-state index contributed by atoms with van der Waals surface area (Å²) >= 11 is 0. The molecule has 0 aliphatic carbocycles. The Morgan fingerprint density at radius 1 is 1.24 bits per heavy atom. The minimum atomic E-state index is -4.57. The van der Waals surface area contributed by atoms with Gasteiger partial charge in [-0.1, -0.05) is 12.1 Å². The van der Waals surface area contributed by atoms with Crippen LogP contribution in [0.2, 0.25) is 0 Å². The van der Waals surface area contributed by atoms with Crippen LogP contribution in [0.25, 0.3) is 0 Å². The van der Waals surface area contributed by atoms with Crippen molar-refractivity contribution in [1.82, 2.24) is 14.9 Å². The Morgan fingerprint density at radius 2 is 1.92 bits per heavy atom. The number of urea groups is 1. The highest BCUT2D eigenvalue weighted by atomic mass is 19.4. The maximum atomic E-state index is 12.9. The molecule has 1 heterocycles. The van der Waals surface area contributed by atoms with Gasteiger partial charge in [-0.25, -0.2) is 9.59 Å². The van der Waals surface area contributed by atoms with Gasteiger partial charge in [-0.15, -0.1) is 0 Å². The summed E-state index contributed by atoms with van der Waals surface area (Å²) in [6.07, 6.45) is -4.57. The number of anilines is 1. The molecular formula is C16H17F3N4O2. The van der Waals surface area contributed by atoms with Crippen LogP contribution in [0.15, 0.2) is 35.1 Å². The van der Waals surface area contributed by atoms with E-state index in [1.54, 1.807) is 19.9 Å². The first-order valence-electron chi connectivity index (χ1n) is 7.44. The monoisotopic (exact) mass is 354 g/mol. The fourth-order valence-electron chi connectivity index (χ4n) is 2.33. The van der Waals surface area contributed by atoms with Crippen LogP contribution >= 0.6 is 0 Å². The van der Waals surface area contributed by atoms with Crippen molar-refractivity contribution in [3.05, 3.63) is 57.8 Å². The van der Waals surface area contributed by atoms with Crippen molar-refractivity contribution in [3.63, 3.8) is 0 Å². The van der Waals surface area contributed by atoms with E-state index < -0.39 is 23.5 Å². The van der Waals surface area contributed by atoms with E-state index in [0.29, 0.717) is 11.4 Å². The van der Waals surface area contributed by atoms with E-state index in [-0.39, 0.29) is 18.8 Å². The van der Waals surface area contributed by atoms with Crippen LogP contribution in [-0.4, -0.2) is 22.1 Å². The summed E-state index contributed by atoms with van der Waals surface area (Å²) in [6.45, 7) is 3.65. The SMILES string of the molecule is Cc1cc(C)n(CCNC(=O)Nc2ccccc2C(F)(F)F)c(=O)n1. The zero-order valence-corrected chi connectivity index (χ0v) is 13.6. The summed E-state index contributed by atoms with van der Waals surface area (Å²) in [5.74, 6) is 0. The predicted octanol–water partition coefficient (Wildman–Crippen LogP) is 2.70. The standard InChI is InChI=1S/C16H17F3N4O2/c1-10-9-11(2)23(15(25)21-10)8-7-20-14(24)22-13-6-4-3-5-12(13)16(17,18)19/h3-6,9H,7-8H2,1-2H3,(H2,20,22,24). The second-order valence-electron chi connectivity index (χ2n) is 5.40. The van der Waals surface area contributed by atoms with E-state index in [2.05, 4.69) is 15.6 Å². The third-order valence-electron chi connectivity index (χ3n) is 3.45. The molecule has 1 aromatic carbocycles. The first-order valence-corrected chi connectivity index (χ1v) is 7.44. The fourth-order valence-corrected chi connectivity index (χ4v) is 2.33. The molecule has 134 valence electrons. The average Bonchev–Trinajstić information content (AvgIpc) is 2.49. The van der Waals surface area contributed by atoms with Crippen LogP contribution in [0.1, 0.15) is 17.0 Å². The number of aryl methyl sites for hydroxylation is 2. The largest absolute Gasteiger partial charge is 0.418 e. The Hall–Kier alpha value is -2.84. The van der Waals surface area contributed by atoms with Crippen molar-refractivity contribution in [2.24, 2.45) is 0 Å². The van der Waals surface area contributed by atoms with Gasteiger partial charge in [-0.05, 0) is 32.0 Å². The first kappa shape index (κ1) is 18.5. The number of hydrogen-bond donors (Lipinski definition) is 2. The Bertz CT molecular complexity index is 831. The van der Waals surface area contributed by atoms with Gasteiger partial charge in [-0.2, -0.15) is 18.2 Å². The molecule has 2 aromatic rings. The normalized spacial score (nSPS) is 11.2. The molecule has 0 aliphatic heterocycles. The van der Waals surface area contributed by atoms with E-state index >= 15 is 0 Å². The summed E-state index contributed by atoms with van der Waals surface area (Å²) in [5.41, 5.74) is -0.435. The maximum Gasteiger partial charge on any atom is 0.418 e. The lowest BCUT2D eigenvalue weighted by Gasteiger charge is -2.14. The summed E-state index contributed by atoms with van der Waals surface area (Å²) in [5, 5.41) is 4.59. The van der Waals surface area contributed by atoms with Crippen molar-refractivity contribution in [1.29, 1.82) is 0 Å². The molecule has 0 saturated heterocycles. The molecule has 0 fully saturated rings. The Morgan fingerprint density at radius 3 is 2.56 bits per heavy atom. The molecule has 0 unspecified atom stereocenters. The van der Waals surface area contributed by atoms with Crippen LogP contribution in [-0.2, 0) is 12.7 Å². The van der Waals surface area contributed by atoms with Gasteiger partial charge in [0.1, 0.15) is 0 Å². The van der Waals surface area contributed by atoms with Gasteiger partial charge in [0.25, 0.3) is 0 Å². The number of carbonyl (C=O) groups excluding carboxylic acids is 1. The number of para-hydroxylation sites is 1. The zero-order valence-electron chi connectivity index (χ0n) is 13.6. The van der Waals surface area contributed by atoms with Crippen LogP contribution in [0.5, 0.6) is 0 Å². The Labute approximate surface area is 141 Å². The quantitative estimate of drug-likeness (QED) is 0.886. The van der Waals surface area contributed by atoms with Crippen LogP contribution in [0.3, 0.4) is 0 Å². The van der Waals surface area contributed by atoms with Gasteiger partial charge in [0, 0.05) is 24.5 Å². The number of carbonyl (C=O) groups is 1. The maximum absolute atomic E-state index is 12.9. The summed E-state index contributed by atoms with van der Waals surface area (Å²) in [6, 6.07) is 5.62. The Kier molecular flexibility index (Phi) is 5.45. The first-order chi connectivity index (χ1) is 11.7. The van der Waals surface area contributed by atoms with Crippen LogP contribution in [0, 0.1) is 13.8 Å². The number of rotatable bonds is 4. The molecule has 9 heteroatoms. The minimum absolute atomic E-state index is 0.0610. The lowest BCUT2D eigenvalue weighted by atomic mass is 10.1. The lowest BCUT2D eigenvalue weighted by Crippen LogP contribution is -2.35. The van der Waals surface area contributed by atoms with Crippen molar-refractivity contribution < 1.29 is 18.0 Å². The molecule has 0 aliphatic rings. The molecule has 0 saturated carbocycles. The fraction of sp³-hybridized carbons (Fsp3) is 0.312. The van der Waals surface area contributed by atoms with E-state index in [9.17, 15) is 22.8 Å². The van der Waals surface area contributed by atoms with Gasteiger partial charge in [-0.3, -0.25) is 4.57 Å². The number of nitrogens with one attached hydrogen (secondary N) is 2. The molecule has 2 amide bonds. The highest BCUT2D eigenvalue weighted by Crippen LogP contribution is 2.34.